The number of hydrogen-bond acceptors (Lipinski definition) is 4. The minimum absolute atomic E-state index is 0.465. The summed E-state index contributed by atoms with van der Waals surface area (Å²) in [6.45, 7) is 1.17. The van der Waals surface area contributed by atoms with E-state index in [9.17, 15) is 8.42 Å². The first-order chi connectivity index (χ1) is 12.7. The highest BCUT2D eigenvalue weighted by Crippen LogP contribution is 2.33. The quantitative estimate of drug-likeness (QED) is 0.730. The summed E-state index contributed by atoms with van der Waals surface area (Å²) in [6.07, 6.45) is 5.56. The maximum absolute atomic E-state index is 10.7. The van der Waals surface area contributed by atoms with Gasteiger partial charge in [-0.2, -0.15) is 5.26 Å². The van der Waals surface area contributed by atoms with Crippen LogP contribution in [-0.4, -0.2) is 21.6 Å². The molecule has 138 valence electrons. The molecule has 1 aliphatic carbocycles. The van der Waals surface area contributed by atoms with Crippen LogP contribution in [0.15, 0.2) is 36.4 Å². The van der Waals surface area contributed by atoms with Gasteiger partial charge in [0.25, 0.3) is 0 Å². The molecule has 0 aliphatic heterocycles. The van der Waals surface area contributed by atoms with Gasteiger partial charge < -0.3 is 4.74 Å². The molecule has 2 aromatic rings. The van der Waals surface area contributed by atoms with Crippen molar-refractivity contribution >= 4 is 21.7 Å². The molecular formula is C20H24N2O3S. The van der Waals surface area contributed by atoms with E-state index < -0.39 is 10.9 Å². The Balaban J connectivity index is 1.61. The number of nitrogens with zero attached hydrogens (tertiary/aromatic N) is 1. The molecular weight excluding hydrogens is 348 g/mol. The van der Waals surface area contributed by atoms with E-state index in [1.807, 2.05) is 36.4 Å². The Labute approximate surface area is 156 Å². The van der Waals surface area contributed by atoms with Gasteiger partial charge in [0, 0.05) is 6.54 Å². The van der Waals surface area contributed by atoms with Crippen molar-refractivity contribution in [1.82, 2.24) is 4.72 Å². The van der Waals surface area contributed by atoms with Gasteiger partial charge in [0.05, 0.1) is 18.2 Å². The standard InChI is InChI=1S/C20H24N2O3S/c21-13-15-5-6-18-12-20(8-7-17(18)11-15)25-14-19-4-2-1-3-16(19)9-10-22-26(23)24/h5-8,11-12,16,19,26H,1-4,9-10,14H2,(H,22,23,24). The van der Waals surface area contributed by atoms with Gasteiger partial charge in [0.15, 0.2) is 0 Å². The fourth-order valence-corrected chi connectivity index (χ4v) is 4.12. The fraction of sp³-hybridized carbons (Fsp3) is 0.450. The zero-order chi connectivity index (χ0) is 18.4. The van der Waals surface area contributed by atoms with Crippen LogP contribution in [0.1, 0.15) is 37.7 Å². The number of thiol groups is 1. The van der Waals surface area contributed by atoms with Crippen LogP contribution >= 0.6 is 0 Å². The lowest BCUT2D eigenvalue weighted by Crippen LogP contribution is -2.28. The molecule has 1 aliphatic rings. The van der Waals surface area contributed by atoms with Gasteiger partial charge >= 0.3 is 0 Å². The first-order valence-corrected chi connectivity index (χ1v) is 10.3. The van der Waals surface area contributed by atoms with Crippen LogP contribution in [0.2, 0.25) is 0 Å². The molecule has 2 unspecified atom stereocenters. The van der Waals surface area contributed by atoms with Crippen LogP contribution in [0, 0.1) is 23.2 Å². The molecule has 0 aromatic heterocycles. The second kappa shape index (κ2) is 9.02. The number of hydrogen-bond donors (Lipinski definition) is 2. The Kier molecular flexibility index (Phi) is 6.48. The van der Waals surface area contributed by atoms with Gasteiger partial charge in [-0.25, -0.2) is 13.1 Å². The molecule has 1 fully saturated rings. The summed E-state index contributed by atoms with van der Waals surface area (Å²) in [7, 11) is -2.51. The Morgan fingerprint density at radius 2 is 1.81 bits per heavy atom. The van der Waals surface area contributed by atoms with Crippen molar-refractivity contribution in [3.8, 4) is 11.8 Å². The summed E-state index contributed by atoms with van der Waals surface area (Å²) in [6, 6.07) is 13.7. The maximum Gasteiger partial charge on any atom is 0.201 e. The average molecular weight is 372 g/mol. The summed E-state index contributed by atoms with van der Waals surface area (Å²) in [5, 5.41) is 11.1. The van der Waals surface area contributed by atoms with Crippen molar-refractivity contribution < 1.29 is 13.2 Å². The molecule has 26 heavy (non-hydrogen) atoms. The normalized spacial score (nSPS) is 20.2. The predicted molar refractivity (Wildman–Crippen MR) is 103 cm³/mol. The molecule has 0 radical (unpaired) electrons. The zero-order valence-corrected chi connectivity index (χ0v) is 15.6. The third-order valence-corrected chi connectivity index (χ3v) is 5.71. The van der Waals surface area contributed by atoms with Gasteiger partial charge in [-0.1, -0.05) is 31.4 Å². The zero-order valence-electron chi connectivity index (χ0n) is 14.7. The highest BCUT2D eigenvalue weighted by molar-refractivity contribution is 7.70. The van der Waals surface area contributed by atoms with E-state index in [4.69, 9.17) is 10.00 Å². The van der Waals surface area contributed by atoms with Crippen LogP contribution < -0.4 is 9.46 Å². The maximum atomic E-state index is 10.7. The lowest BCUT2D eigenvalue weighted by Gasteiger charge is -2.31. The molecule has 0 bridgehead atoms. The minimum atomic E-state index is -2.51. The second-order valence-corrected chi connectivity index (χ2v) is 7.74. The van der Waals surface area contributed by atoms with E-state index in [0.29, 0.717) is 30.6 Å². The number of rotatable bonds is 7. The largest absolute Gasteiger partial charge is 0.493 e. The number of benzene rings is 2. The van der Waals surface area contributed by atoms with E-state index in [-0.39, 0.29) is 0 Å². The summed E-state index contributed by atoms with van der Waals surface area (Å²) in [5.74, 6) is 1.81. The van der Waals surface area contributed by atoms with Crippen molar-refractivity contribution in [3.63, 3.8) is 0 Å². The molecule has 1 N–H and O–H groups in total. The van der Waals surface area contributed by atoms with Gasteiger partial charge in [-0.15, -0.1) is 0 Å². The highest BCUT2D eigenvalue weighted by atomic mass is 32.2. The molecule has 2 atom stereocenters. The SMILES string of the molecule is N#Cc1ccc2cc(OCC3CCCCC3CCN[SH](=O)=O)ccc2c1. The third kappa shape index (κ3) is 4.96. The Bertz CT molecular complexity index is 865. The smallest absolute Gasteiger partial charge is 0.201 e. The number of ether oxygens (including phenoxy) is 1. The number of nitriles is 1. The molecule has 6 heteroatoms. The van der Waals surface area contributed by atoms with Gasteiger partial charge in [-0.3, -0.25) is 0 Å². The van der Waals surface area contributed by atoms with E-state index in [1.54, 1.807) is 0 Å². The molecule has 0 amide bonds. The van der Waals surface area contributed by atoms with E-state index in [1.165, 1.54) is 12.8 Å². The third-order valence-electron chi connectivity index (χ3n) is 5.23. The molecule has 1 saturated carbocycles. The van der Waals surface area contributed by atoms with Crippen LogP contribution in [0.4, 0.5) is 0 Å². The number of fused-ring (bicyclic) bond motifs is 1. The van der Waals surface area contributed by atoms with Crippen molar-refractivity contribution in [1.29, 1.82) is 5.26 Å². The van der Waals surface area contributed by atoms with Crippen LogP contribution in [-0.2, 0) is 10.9 Å². The predicted octanol–water partition coefficient (Wildman–Crippen LogP) is 3.40. The van der Waals surface area contributed by atoms with E-state index >= 15 is 0 Å². The highest BCUT2D eigenvalue weighted by Gasteiger charge is 2.25. The molecule has 5 nitrogen and oxygen atoms in total. The topological polar surface area (TPSA) is 79.2 Å². The monoisotopic (exact) mass is 372 g/mol. The summed E-state index contributed by atoms with van der Waals surface area (Å²) >= 11 is 0. The fourth-order valence-electron chi connectivity index (χ4n) is 3.81. The first kappa shape index (κ1) is 18.7. The second-order valence-electron chi connectivity index (χ2n) is 6.91. The number of nitrogens with one attached hydrogen (secondary N) is 1. The Morgan fingerprint density at radius 1 is 1.08 bits per heavy atom. The average Bonchev–Trinajstić information content (AvgIpc) is 2.66. The summed E-state index contributed by atoms with van der Waals surface area (Å²) < 4.78 is 29.9. The lowest BCUT2D eigenvalue weighted by molar-refractivity contribution is 0.143. The summed E-state index contributed by atoms with van der Waals surface area (Å²) in [5.41, 5.74) is 0.657. The van der Waals surface area contributed by atoms with E-state index in [2.05, 4.69) is 10.8 Å². The van der Waals surface area contributed by atoms with Gasteiger partial charge in [-0.05, 0) is 59.7 Å². The molecule has 0 heterocycles. The van der Waals surface area contributed by atoms with Crippen LogP contribution in [0.5, 0.6) is 5.75 Å². The molecule has 0 spiro atoms. The Hall–Kier alpha value is -2.10. The molecule has 3 rings (SSSR count). The van der Waals surface area contributed by atoms with Crippen molar-refractivity contribution in [2.75, 3.05) is 13.2 Å². The van der Waals surface area contributed by atoms with Crippen molar-refractivity contribution in [2.24, 2.45) is 11.8 Å². The summed E-state index contributed by atoms with van der Waals surface area (Å²) in [4.78, 5) is 0. The van der Waals surface area contributed by atoms with Crippen molar-refractivity contribution in [3.05, 3.63) is 42.0 Å². The van der Waals surface area contributed by atoms with Crippen LogP contribution in [0.25, 0.3) is 10.8 Å². The van der Waals surface area contributed by atoms with E-state index in [0.717, 1.165) is 35.8 Å². The molecule has 0 saturated heterocycles. The molecule has 2 aromatic carbocycles. The van der Waals surface area contributed by atoms with Gasteiger partial charge in [0.2, 0.25) is 10.9 Å². The van der Waals surface area contributed by atoms with Crippen molar-refractivity contribution in [2.45, 2.75) is 32.1 Å². The lowest BCUT2D eigenvalue weighted by atomic mass is 9.78. The van der Waals surface area contributed by atoms with Crippen LogP contribution in [0.3, 0.4) is 0 Å². The first-order valence-electron chi connectivity index (χ1n) is 9.10. The Morgan fingerprint density at radius 3 is 2.58 bits per heavy atom. The minimum Gasteiger partial charge on any atom is -0.493 e. The van der Waals surface area contributed by atoms with Gasteiger partial charge in [0.1, 0.15) is 5.75 Å².